The lowest BCUT2D eigenvalue weighted by molar-refractivity contribution is -0.123. The van der Waals surface area contributed by atoms with E-state index in [0.29, 0.717) is 12.3 Å². The van der Waals surface area contributed by atoms with Gasteiger partial charge in [0.05, 0.1) is 6.04 Å². The Bertz CT molecular complexity index is 220. The van der Waals surface area contributed by atoms with Crippen LogP contribution < -0.4 is 10.6 Å². The normalized spacial score (nSPS) is 14.6. The lowest BCUT2D eigenvalue weighted by atomic mass is 10.0. The van der Waals surface area contributed by atoms with Crippen LogP contribution in [0.1, 0.15) is 53.4 Å². The molecule has 18 heavy (non-hydrogen) atoms. The quantitative estimate of drug-likeness (QED) is 0.522. The molecule has 0 heterocycles. The SMILES string of the molecule is CCCCCNC(=O)C(C)NC(CCO)C(C)C. The predicted molar refractivity (Wildman–Crippen MR) is 75.5 cm³/mol. The van der Waals surface area contributed by atoms with Gasteiger partial charge in [0.2, 0.25) is 5.91 Å². The van der Waals surface area contributed by atoms with Gasteiger partial charge in [-0.05, 0) is 25.7 Å². The lowest BCUT2D eigenvalue weighted by Crippen LogP contribution is -2.48. The molecule has 0 rings (SSSR count). The van der Waals surface area contributed by atoms with Crippen molar-refractivity contribution in [2.45, 2.75) is 65.5 Å². The monoisotopic (exact) mass is 258 g/mol. The first-order chi connectivity index (χ1) is 8.52. The van der Waals surface area contributed by atoms with E-state index in [2.05, 4.69) is 31.4 Å². The fourth-order valence-electron chi connectivity index (χ4n) is 1.88. The molecule has 0 fully saturated rings. The van der Waals surface area contributed by atoms with E-state index in [1.807, 2.05) is 6.92 Å². The third-order valence-corrected chi connectivity index (χ3v) is 3.18. The molecular formula is C14H30N2O2. The minimum atomic E-state index is -0.203. The van der Waals surface area contributed by atoms with Crippen LogP contribution in [0.15, 0.2) is 0 Å². The largest absolute Gasteiger partial charge is 0.396 e. The van der Waals surface area contributed by atoms with Crippen molar-refractivity contribution in [3.8, 4) is 0 Å². The van der Waals surface area contributed by atoms with E-state index >= 15 is 0 Å². The summed E-state index contributed by atoms with van der Waals surface area (Å²) in [6.07, 6.45) is 4.04. The summed E-state index contributed by atoms with van der Waals surface area (Å²) in [6, 6.07) is -0.0167. The van der Waals surface area contributed by atoms with E-state index < -0.39 is 0 Å². The van der Waals surface area contributed by atoms with Crippen molar-refractivity contribution in [3.05, 3.63) is 0 Å². The van der Waals surface area contributed by atoms with Crippen molar-refractivity contribution in [2.24, 2.45) is 5.92 Å². The zero-order valence-corrected chi connectivity index (χ0v) is 12.3. The number of nitrogens with one attached hydrogen (secondary N) is 2. The number of aliphatic hydroxyl groups is 1. The van der Waals surface area contributed by atoms with Crippen molar-refractivity contribution < 1.29 is 9.90 Å². The lowest BCUT2D eigenvalue weighted by Gasteiger charge is -2.25. The summed E-state index contributed by atoms with van der Waals surface area (Å²) in [5.74, 6) is 0.460. The fraction of sp³-hybridized carbons (Fsp3) is 0.929. The number of unbranched alkanes of at least 4 members (excludes halogenated alkanes) is 2. The maximum Gasteiger partial charge on any atom is 0.236 e. The van der Waals surface area contributed by atoms with E-state index in [0.717, 1.165) is 25.8 Å². The van der Waals surface area contributed by atoms with E-state index in [1.165, 1.54) is 0 Å². The maximum atomic E-state index is 11.8. The van der Waals surface area contributed by atoms with E-state index in [4.69, 9.17) is 5.11 Å². The van der Waals surface area contributed by atoms with Gasteiger partial charge in [-0.25, -0.2) is 0 Å². The number of rotatable bonds is 10. The van der Waals surface area contributed by atoms with Gasteiger partial charge in [-0.1, -0.05) is 33.6 Å². The van der Waals surface area contributed by atoms with Gasteiger partial charge in [0.25, 0.3) is 0 Å². The van der Waals surface area contributed by atoms with Gasteiger partial charge in [-0.3, -0.25) is 4.79 Å². The maximum absolute atomic E-state index is 11.8. The molecule has 2 unspecified atom stereocenters. The molecular weight excluding hydrogens is 228 g/mol. The highest BCUT2D eigenvalue weighted by atomic mass is 16.3. The average Bonchev–Trinajstić information content (AvgIpc) is 2.33. The second-order valence-electron chi connectivity index (χ2n) is 5.25. The van der Waals surface area contributed by atoms with Crippen LogP contribution in [0, 0.1) is 5.92 Å². The van der Waals surface area contributed by atoms with E-state index in [9.17, 15) is 4.79 Å². The van der Waals surface area contributed by atoms with Gasteiger partial charge in [-0.2, -0.15) is 0 Å². The average molecular weight is 258 g/mol. The van der Waals surface area contributed by atoms with Gasteiger partial charge >= 0.3 is 0 Å². The Kier molecular flexibility index (Phi) is 9.98. The summed E-state index contributed by atoms with van der Waals surface area (Å²) in [5.41, 5.74) is 0. The highest BCUT2D eigenvalue weighted by molar-refractivity contribution is 5.81. The molecule has 0 radical (unpaired) electrons. The standard InChI is InChI=1S/C14H30N2O2/c1-5-6-7-9-15-14(18)12(4)16-13(8-10-17)11(2)3/h11-13,16-17H,5-10H2,1-4H3,(H,15,18). The topological polar surface area (TPSA) is 61.4 Å². The number of hydrogen-bond donors (Lipinski definition) is 3. The Morgan fingerprint density at radius 3 is 2.39 bits per heavy atom. The highest BCUT2D eigenvalue weighted by Crippen LogP contribution is 2.06. The van der Waals surface area contributed by atoms with Crippen molar-refractivity contribution in [3.63, 3.8) is 0 Å². The Morgan fingerprint density at radius 1 is 1.22 bits per heavy atom. The molecule has 4 heteroatoms. The Labute approximate surface area is 112 Å². The van der Waals surface area contributed by atoms with Crippen molar-refractivity contribution in [1.29, 1.82) is 0 Å². The van der Waals surface area contributed by atoms with Crippen LogP contribution in [0.4, 0.5) is 0 Å². The number of hydrogen-bond acceptors (Lipinski definition) is 3. The van der Waals surface area contributed by atoms with Crippen LogP contribution in [0.25, 0.3) is 0 Å². The van der Waals surface area contributed by atoms with Gasteiger partial charge in [-0.15, -0.1) is 0 Å². The van der Waals surface area contributed by atoms with Gasteiger partial charge < -0.3 is 15.7 Å². The predicted octanol–water partition coefficient (Wildman–Crippen LogP) is 1.68. The van der Waals surface area contributed by atoms with Crippen LogP contribution >= 0.6 is 0 Å². The third kappa shape index (κ3) is 7.67. The summed E-state index contributed by atoms with van der Waals surface area (Å²) < 4.78 is 0. The molecule has 0 aliphatic rings. The molecule has 0 aliphatic carbocycles. The molecule has 0 saturated heterocycles. The van der Waals surface area contributed by atoms with Crippen molar-refractivity contribution in [2.75, 3.05) is 13.2 Å². The van der Waals surface area contributed by atoms with Crippen molar-refractivity contribution >= 4 is 5.91 Å². The molecule has 0 aromatic heterocycles. The Hall–Kier alpha value is -0.610. The highest BCUT2D eigenvalue weighted by Gasteiger charge is 2.19. The molecule has 0 aromatic carbocycles. The molecule has 108 valence electrons. The summed E-state index contributed by atoms with van der Waals surface area (Å²) in [7, 11) is 0. The minimum Gasteiger partial charge on any atom is -0.396 e. The van der Waals surface area contributed by atoms with Crippen LogP contribution in [-0.2, 0) is 4.79 Å². The summed E-state index contributed by atoms with van der Waals surface area (Å²) in [5, 5.41) is 15.2. The smallest absolute Gasteiger partial charge is 0.236 e. The first-order valence-electron chi connectivity index (χ1n) is 7.17. The molecule has 0 aromatic rings. The second kappa shape index (κ2) is 10.3. The van der Waals surface area contributed by atoms with Crippen LogP contribution in [0.5, 0.6) is 0 Å². The van der Waals surface area contributed by atoms with Crippen LogP contribution in [0.2, 0.25) is 0 Å². The fourth-order valence-corrected chi connectivity index (χ4v) is 1.88. The molecule has 0 aliphatic heterocycles. The minimum absolute atomic E-state index is 0.0506. The van der Waals surface area contributed by atoms with Gasteiger partial charge in [0.1, 0.15) is 0 Å². The zero-order chi connectivity index (χ0) is 14.0. The molecule has 2 atom stereocenters. The van der Waals surface area contributed by atoms with Gasteiger partial charge in [0, 0.05) is 19.2 Å². The third-order valence-electron chi connectivity index (χ3n) is 3.18. The molecule has 3 N–H and O–H groups in total. The van der Waals surface area contributed by atoms with Crippen LogP contribution in [0.3, 0.4) is 0 Å². The number of carbonyl (C=O) groups is 1. The summed E-state index contributed by atoms with van der Waals surface area (Å²) >= 11 is 0. The molecule has 4 nitrogen and oxygen atoms in total. The molecule has 0 spiro atoms. The summed E-state index contributed by atoms with van der Waals surface area (Å²) in [4.78, 5) is 11.8. The summed E-state index contributed by atoms with van der Waals surface area (Å²) in [6.45, 7) is 9.13. The number of amides is 1. The van der Waals surface area contributed by atoms with Gasteiger partial charge in [0.15, 0.2) is 0 Å². The number of aliphatic hydroxyl groups excluding tert-OH is 1. The second-order valence-corrected chi connectivity index (χ2v) is 5.25. The van der Waals surface area contributed by atoms with E-state index in [-0.39, 0.29) is 24.6 Å². The van der Waals surface area contributed by atoms with Crippen molar-refractivity contribution in [1.82, 2.24) is 10.6 Å². The zero-order valence-electron chi connectivity index (χ0n) is 12.3. The first-order valence-corrected chi connectivity index (χ1v) is 7.17. The van der Waals surface area contributed by atoms with E-state index in [1.54, 1.807) is 0 Å². The Balaban J connectivity index is 3.96. The molecule has 0 saturated carbocycles. The first kappa shape index (κ1) is 17.4. The molecule has 1 amide bonds. The van der Waals surface area contributed by atoms with Crippen LogP contribution in [-0.4, -0.2) is 36.2 Å². The Morgan fingerprint density at radius 2 is 1.89 bits per heavy atom. The number of carbonyl (C=O) groups excluding carboxylic acids is 1. The molecule has 0 bridgehead atoms.